The monoisotopic (exact) mass is 264 g/mol. The highest BCUT2D eigenvalue weighted by Crippen LogP contribution is 2.56. The number of ether oxygens (including phenoxy) is 1. The molecular weight excluding hydrogens is 244 g/mol. The fraction of sp³-hybridized carbons (Fsp3) is 0.733. The van der Waals surface area contributed by atoms with E-state index in [0.717, 1.165) is 12.8 Å². The van der Waals surface area contributed by atoms with Gasteiger partial charge in [0.2, 0.25) is 0 Å². The molecule has 3 rings (SSSR count). The number of hydrogen-bond donors (Lipinski definition) is 1. The van der Waals surface area contributed by atoms with Crippen LogP contribution in [0.1, 0.15) is 33.1 Å². The van der Waals surface area contributed by atoms with Crippen LogP contribution in [-0.2, 0) is 14.3 Å². The van der Waals surface area contributed by atoms with Gasteiger partial charge in [-0.2, -0.15) is 0 Å². The molecule has 0 amide bonds. The van der Waals surface area contributed by atoms with E-state index in [1.54, 1.807) is 0 Å². The number of carbonyl (C=O) groups excluding carboxylic acids is 2. The van der Waals surface area contributed by atoms with Gasteiger partial charge in [-0.05, 0) is 25.7 Å². The van der Waals surface area contributed by atoms with Crippen LogP contribution in [0.25, 0.3) is 0 Å². The van der Waals surface area contributed by atoms with Crippen LogP contribution in [0, 0.1) is 23.2 Å². The third-order valence-corrected chi connectivity index (χ3v) is 5.55. The lowest BCUT2D eigenvalue weighted by molar-refractivity contribution is -0.152. The number of aliphatic hydroxyl groups excluding tert-OH is 1. The minimum atomic E-state index is -0.755. The van der Waals surface area contributed by atoms with Crippen LogP contribution in [0.15, 0.2) is 12.2 Å². The van der Waals surface area contributed by atoms with Gasteiger partial charge in [0.1, 0.15) is 11.9 Å². The van der Waals surface area contributed by atoms with Gasteiger partial charge in [-0.15, -0.1) is 0 Å². The van der Waals surface area contributed by atoms with Gasteiger partial charge in [-0.25, -0.2) is 4.79 Å². The first-order valence-electron chi connectivity index (χ1n) is 6.98. The number of fused-ring (bicyclic) bond motifs is 3. The SMILES string of the molecule is C=C1C(=O)O[C@@H]2[C@H]1CC[C@H](C)[C@@H]1[C@@H](O)CC(=O)[C@@]12C. The molecule has 0 radical (unpaired) electrons. The number of ketones is 1. The van der Waals surface area contributed by atoms with Crippen molar-refractivity contribution in [2.75, 3.05) is 0 Å². The fourth-order valence-electron chi connectivity index (χ4n) is 4.54. The number of aliphatic hydroxyl groups is 1. The van der Waals surface area contributed by atoms with Crippen LogP contribution in [0.4, 0.5) is 0 Å². The van der Waals surface area contributed by atoms with Crippen molar-refractivity contribution in [1.29, 1.82) is 0 Å². The van der Waals surface area contributed by atoms with Crippen molar-refractivity contribution in [2.45, 2.75) is 45.3 Å². The molecule has 1 heterocycles. The Bertz CT molecular complexity index is 469. The van der Waals surface area contributed by atoms with Crippen LogP contribution in [-0.4, -0.2) is 29.1 Å². The fourth-order valence-corrected chi connectivity index (χ4v) is 4.54. The summed E-state index contributed by atoms with van der Waals surface area (Å²) in [6.45, 7) is 7.77. The van der Waals surface area contributed by atoms with E-state index in [-0.39, 0.29) is 35.9 Å². The van der Waals surface area contributed by atoms with E-state index in [2.05, 4.69) is 13.5 Å². The number of Topliss-reactive ketones (excluding diaryl/α,β-unsaturated/α-hetero) is 1. The highest BCUT2D eigenvalue weighted by atomic mass is 16.6. The van der Waals surface area contributed by atoms with E-state index in [1.807, 2.05) is 6.92 Å². The van der Waals surface area contributed by atoms with E-state index in [9.17, 15) is 14.7 Å². The first-order chi connectivity index (χ1) is 8.87. The topological polar surface area (TPSA) is 63.6 Å². The Kier molecular flexibility index (Phi) is 2.65. The van der Waals surface area contributed by atoms with Crippen LogP contribution < -0.4 is 0 Å². The van der Waals surface area contributed by atoms with E-state index >= 15 is 0 Å². The van der Waals surface area contributed by atoms with Gasteiger partial charge in [0.25, 0.3) is 0 Å². The molecule has 3 aliphatic rings. The van der Waals surface area contributed by atoms with E-state index in [0.29, 0.717) is 5.57 Å². The Morgan fingerprint density at radius 3 is 2.74 bits per heavy atom. The molecule has 1 saturated heterocycles. The molecule has 2 saturated carbocycles. The van der Waals surface area contributed by atoms with Crippen molar-refractivity contribution in [2.24, 2.45) is 23.2 Å². The molecule has 0 spiro atoms. The van der Waals surface area contributed by atoms with Crippen molar-refractivity contribution in [3.8, 4) is 0 Å². The molecule has 4 heteroatoms. The second-order valence-corrected chi connectivity index (χ2v) is 6.52. The van der Waals surface area contributed by atoms with Gasteiger partial charge in [0.15, 0.2) is 0 Å². The second kappa shape index (κ2) is 3.92. The minimum Gasteiger partial charge on any atom is -0.457 e. The van der Waals surface area contributed by atoms with Crippen molar-refractivity contribution in [1.82, 2.24) is 0 Å². The van der Waals surface area contributed by atoms with Crippen LogP contribution in [0.5, 0.6) is 0 Å². The quantitative estimate of drug-likeness (QED) is 0.531. The van der Waals surface area contributed by atoms with Crippen molar-refractivity contribution < 1.29 is 19.4 Å². The Labute approximate surface area is 112 Å². The molecule has 104 valence electrons. The molecule has 1 N–H and O–H groups in total. The van der Waals surface area contributed by atoms with Gasteiger partial charge < -0.3 is 9.84 Å². The number of carbonyl (C=O) groups is 2. The van der Waals surface area contributed by atoms with Crippen molar-refractivity contribution in [3.63, 3.8) is 0 Å². The second-order valence-electron chi connectivity index (χ2n) is 6.52. The Morgan fingerprint density at radius 1 is 1.37 bits per heavy atom. The Balaban J connectivity index is 2.09. The molecule has 0 unspecified atom stereocenters. The summed E-state index contributed by atoms with van der Waals surface area (Å²) < 4.78 is 5.47. The van der Waals surface area contributed by atoms with E-state index in [1.165, 1.54) is 0 Å². The summed E-state index contributed by atoms with van der Waals surface area (Å²) in [5.74, 6) is -0.286. The standard InChI is InChI=1S/C15H20O4/c1-7-4-5-9-8(2)14(18)19-13(9)15(3)11(17)6-10(16)12(7)15/h7,9-10,12-13,16H,2,4-6H2,1,3H3/t7-,9-,10-,12+,13+,15-/m0/s1. The Hall–Kier alpha value is -1.16. The van der Waals surface area contributed by atoms with E-state index in [4.69, 9.17) is 4.74 Å². The number of hydrogen-bond acceptors (Lipinski definition) is 4. The first kappa shape index (κ1) is 12.9. The first-order valence-corrected chi connectivity index (χ1v) is 6.98. The number of esters is 1. The lowest BCUT2D eigenvalue weighted by Crippen LogP contribution is -2.46. The predicted molar refractivity (Wildman–Crippen MR) is 68.1 cm³/mol. The molecule has 3 fully saturated rings. The van der Waals surface area contributed by atoms with Gasteiger partial charge in [-0.1, -0.05) is 13.5 Å². The molecule has 19 heavy (non-hydrogen) atoms. The van der Waals surface area contributed by atoms with Crippen LogP contribution >= 0.6 is 0 Å². The molecule has 2 aliphatic carbocycles. The van der Waals surface area contributed by atoms with Gasteiger partial charge >= 0.3 is 5.97 Å². The summed E-state index contributed by atoms with van der Waals surface area (Å²) in [7, 11) is 0. The largest absolute Gasteiger partial charge is 0.457 e. The smallest absolute Gasteiger partial charge is 0.334 e. The summed E-state index contributed by atoms with van der Waals surface area (Å²) >= 11 is 0. The van der Waals surface area contributed by atoms with Gasteiger partial charge in [0, 0.05) is 23.8 Å². The van der Waals surface area contributed by atoms with Gasteiger partial charge in [0.05, 0.1) is 11.5 Å². The number of rotatable bonds is 0. The maximum Gasteiger partial charge on any atom is 0.334 e. The van der Waals surface area contributed by atoms with E-state index < -0.39 is 17.6 Å². The summed E-state index contributed by atoms with van der Waals surface area (Å²) in [5.41, 5.74) is -0.261. The maximum atomic E-state index is 12.4. The van der Waals surface area contributed by atoms with Gasteiger partial charge in [-0.3, -0.25) is 4.79 Å². The highest BCUT2D eigenvalue weighted by molar-refractivity contribution is 5.94. The van der Waals surface area contributed by atoms with Crippen molar-refractivity contribution >= 4 is 11.8 Å². The molecule has 0 aromatic rings. The molecule has 4 nitrogen and oxygen atoms in total. The molecule has 1 aliphatic heterocycles. The lowest BCUT2D eigenvalue weighted by Gasteiger charge is -2.37. The average molecular weight is 264 g/mol. The third-order valence-electron chi connectivity index (χ3n) is 5.55. The summed E-state index contributed by atoms with van der Waals surface area (Å²) in [6.07, 6.45) is 0.828. The summed E-state index contributed by atoms with van der Waals surface area (Å²) in [5, 5.41) is 10.2. The van der Waals surface area contributed by atoms with Crippen LogP contribution in [0.3, 0.4) is 0 Å². The molecule has 0 aromatic heterocycles. The highest BCUT2D eigenvalue weighted by Gasteiger charge is 2.63. The zero-order valence-electron chi connectivity index (χ0n) is 11.4. The minimum absolute atomic E-state index is 0.0243. The maximum absolute atomic E-state index is 12.4. The Morgan fingerprint density at radius 2 is 2.05 bits per heavy atom. The molecule has 0 aromatic carbocycles. The zero-order chi connectivity index (χ0) is 13.9. The molecule has 6 atom stereocenters. The zero-order valence-corrected chi connectivity index (χ0v) is 11.4. The average Bonchev–Trinajstić information content (AvgIpc) is 2.70. The predicted octanol–water partition coefficient (Wildman–Crippen LogP) is 1.47. The third kappa shape index (κ3) is 1.49. The summed E-state index contributed by atoms with van der Waals surface area (Å²) in [6, 6.07) is 0. The molecule has 0 bridgehead atoms. The van der Waals surface area contributed by atoms with Crippen LogP contribution in [0.2, 0.25) is 0 Å². The lowest BCUT2D eigenvalue weighted by atomic mass is 9.68. The normalized spacial score (nSPS) is 49.6. The molecular formula is C15H20O4. The van der Waals surface area contributed by atoms with Crippen molar-refractivity contribution in [3.05, 3.63) is 12.2 Å². The summed E-state index contributed by atoms with van der Waals surface area (Å²) in [4.78, 5) is 24.2.